The van der Waals surface area contributed by atoms with Crippen LogP contribution in [0.5, 0.6) is 0 Å². The average molecular weight is 223 g/mol. The average Bonchev–Trinajstić information content (AvgIpc) is 2.58. The monoisotopic (exact) mass is 223 g/mol. The second-order valence-corrected chi connectivity index (χ2v) is 4.41. The Labute approximate surface area is 93.2 Å². The molecular weight excluding hydrogens is 210 g/mol. The first-order chi connectivity index (χ1) is 7.20. The Morgan fingerprint density at radius 1 is 1.33 bits per heavy atom. The van der Waals surface area contributed by atoms with Crippen molar-refractivity contribution in [3.05, 3.63) is 29.8 Å². The lowest BCUT2D eigenvalue weighted by molar-refractivity contribution is 0.134. The van der Waals surface area contributed by atoms with Gasteiger partial charge in [0.15, 0.2) is 0 Å². The Hall–Kier alpha value is -1.16. The molecule has 3 nitrogen and oxygen atoms in total. The molecule has 1 heterocycles. The van der Waals surface area contributed by atoms with Crippen molar-refractivity contribution < 1.29 is 9.53 Å². The Morgan fingerprint density at radius 2 is 2.00 bits per heavy atom. The molecule has 1 aromatic carbocycles. The molecule has 0 unspecified atom stereocenters. The van der Waals surface area contributed by atoms with E-state index in [9.17, 15) is 4.79 Å². The lowest BCUT2D eigenvalue weighted by Gasteiger charge is -2.13. The number of carbonyl (C=O) groups is 1. The zero-order valence-corrected chi connectivity index (χ0v) is 9.51. The second-order valence-electron chi connectivity index (χ2n) is 3.53. The summed E-state index contributed by atoms with van der Waals surface area (Å²) in [6, 6.07) is 8.14. The highest BCUT2D eigenvalue weighted by atomic mass is 32.2. The third-order valence-corrected chi connectivity index (χ3v) is 3.22. The minimum absolute atomic E-state index is 0.0395. The minimum Gasteiger partial charge on any atom is -0.439 e. The molecule has 15 heavy (non-hydrogen) atoms. The van der Waals surface area contributed by atoms with Crippen molar-refractivity contribution in [3.8, 4) is 0 Å². The molecule has 1 aliphatic heterocycles. The van der Waals surface area contributed by atoms with Crippen molar-refractivity contribution in [2.45, 2.75) is 24.0 Å². The first-order valence-corrected chi connectivity index (χ1v) is 6.04. The Balaban J connectivity index is 2.19. The van der Waals surface area contributed by atoms with Gasteiger partial charge in [-0.2, -0.15) is 0 Å². The standard InChI is InChI=1S/C11H13NO2S/c1-7-10(14-11(13)12-7)8-3-5-9(15-2)6-4-8/h3-7,10H,1-2H3,(H,12,13)/t7-,10-/m1/s1. The number of benzene rings is 1. The van der Waals surface area contributed by atoms with Crippen molar-refractivity contribution in [3.63, 3.8) is 0 Å². The van der Waals surface area contributed by atoms with Crippen LogP contribution >= 0.6 is 11.8 Å². The summed E-state index contributed by atoms with van der Waals surface area (Å²) in [4.78, 5) is 12.2. The molecule has 0 saturated carbocycles. The molecule has 1 amide bonds. The van der Waals surface area contributed by atoms with Gasteiger partial charge in [0.05, 0.1) is 6.04 Å². The highest BCUT2D eigenvalue weighted by Gasteiger charge is 2.31. The van der Waals surface area contributed by atoms with Gasteiger partial charge in [-0.3, -0.25) is 0 Å². The zero-order valence-electron chi connectivity index (χ0n) is 8.69. The summed E-state index contributed by atoms with van der Waals surface area (Å²) in [5.74, 6) is 0. The molecule has 0 aliphatic carbocycles. The van der Waals surface area contributed by atoms with E-state index in [0.717, 1.165) is 5.56 Å². The molecule has 0 spiro atoms. The molecule has 0 radical (unpaired) electrons. The number of ether oxygens (including phenoxy) is 1. The number of hydrogen-bond donors (Lipinski definition) is 1. The van der Waals surface area contributed by atoms with Crippen LogP contribution in [0.3, 0.4) is 0 Å². The van der Waals surface area contributed by atoms with Gasteiger partial charge in [0.2, 0.25) is 0 Å². The van der Waals surface area contributed by atoms with Crippen LogP contribution in [0.25, 0.3) is 0 Å². The van der Waals surface area contributed by atoms with Crippen molar-refractivity contribution in [1.29, 1.82) is 0 Å². The second kappa shape index (κ2) is 4.14. The number of amides is 1. The van der Waals surface area contributed by atoms with Crippen LogP contribution < -0.4 is 5.32 Å². The van der Waals surface area contributed by atoms with Crippen LogP contribution in [-0.4, -0.2) is 18.4 Å². The Bertz CT molecular complexity index is 363. The zero-order chi connectivity index (χ0) is 10.8. The third-order valence-electron chi connectivity index (χ3n) is 2.48. The lowest BCUT2D eigenvalue weighted by atomic mass is 10.0. The Morgan fingerprint density at radius 3 is 2.47 bits per heavy atom. The van der Waals surface area contributed by atoms with Crippen molar-refractivity contribution >= 4 is 17.9 Å². The maximum absolute atomic E-state index is 11.0. The van der Waals surface area contributed by atoms with E-state index in [2.05, 4.69) is 5.32 Å². The lowest BCUT2D eigenvalue weighted by Crippen LogP contribution is -2.23. The molecular formula is C11H13NO2S. The van der Waals surface area contributed by atoms with Gasteiger partial charge in [0, 0.05) is 4.90 Å². The van der Waals surface area contributed by atoms with Gasteiger partial charge in [-0.05, 0) is 30.9 Å². The van der Waals surface area contributed by atoms with E-state index >= 15 is 0 Å². The molecule has 1 aromatic rings. The van der Waals surface area contributed by atoms with Gasteiger partial charge in [0.1, 0.15) is 6.10 Å². The van der Waals surface area contributed by atoms with Crippen molar-refractivity contribution in [1.82, 2.24) is 5.32 Å². The molecule has 0 bridgehead atoms. The van der Waals surface area contributed by atoms with Crippen molar-refractivity contribution in [2.75, 3.05) is 6.26 Å². The molecule has 2 atom stereocenters. The van der Waals surface area contributed by atoms with Crippen LogP contribution in [0.15, 0.2) is 29.2 Å². The number of nitrogens with one attached hydrogen (secondary N) is 1. The number of thioether (sulfide) groups is 1. The molecule has 1 N–H and O–H groups in total. The number of alkyl carbamates (subject to hydrolysis) is 1. The number of rotatable bonds is 2. The quantitative estimate of drug-likeness (QED) is 0.783. The summed E-state index contributed by atoms with van der Waals surface area (Å²) in [5, 5.41) is 2.73. The largest absolute Gasteiger partial charge is 0.439 e. The highest BCUT2D eigenvalue weighted by Crippen LogP contribution is 2.27. The number of hydrogen-bond acceptors (Lipinski definition) is 3. The van der Waals surface area contributed by atoms with E-state index in [4.69, 9.17) is 4.74 Å². The fraction of sp³-hybridized carbons (Fsp3) is 0.364. The van der Waals surface area contributed by atoms with Crippen LogP contribution in [0.1, 0.15) is 18.6 Å². The fourth-order valence-electron chi connectivity index (χ4n) is 1.66. The molecule has 0 aromatic heterocycles. The molecule has 4 heteroatoms. The summed E-state index contributed by atoms with van der Waals surface area (Å²) in [6.07, 6.45) is 1.55. The maximum atomic E-state index is 11.0. The van der Waals surface area contributed by atoms with E-state index in [0.29, 0.717) is 0 Å². The molecule has 80 valence electrons. The van der Waals surface area contributed by atoms with Crippen LogP contribution in [0.2, 0.25) is 0 Å². The van der Waals surface area contributed by atoms with Crippen LogP contribution in [-0.2, 0) is 4.74 Å². The van der Waals surface area contributed by atoms with Crippen LogP contribution in [0, 0.1) is 0 Å². The van der Waals surface area contributed by atoms with E-state index in [1.54, 1.807) is 11.8 Å². The summed E-state index contributed by atoms with van der Waals surface area (Å²) in [5.41, 5.74) is 1.04. The van der Waals surface area contributed by atoms with Crippen molar-refractivity contribution in [2.24, 2.45) is 0 Å². The van der Waals surface area contributed by atoms with E-state index in [-0.39, 0.29) is 18.2 Å². The predicted octanol–water partition coefficient (Wildman–Crippen LogP) is 2.58. The summed E-state index contributed by atoms with van der Waals surface area (Å²) in [7, 11) is 0. The third kappa shape index (κ3) is 2.09. The fourth-order valence-corrected chi connectivity index (χ4v) is 2.07. The molecule has 1 fully saturated rings. The summed E-state index contributed by atoms with van der Waals surface area (Å²) < 4.78 is 5.18. The topological polar surface area (TPSA) is 38.3 Å². The van der Waals surface area contributed by atoms with Gasteiger partial charge in [-0.25, -0.2) is 4.79 Å². The van der Waals surface area contributed by atoms with E-state index in [1.165, 1.54) is 4.90 Å². The number of cyclic esters (lactones) is 1. The summed E-state index contributed by atoms with van der Waals surface area (Å²) in [6.45, 7) is 1.94. The SMILES string of the molecule is CSc1ccc([C@@H]2OC(=O)N[C@@H]2C)cc1. The minimum atomic E-state index is -0.332. The number of carbonyl (C=O) groups excluding carboxylic acids is 1. The van der Waals surface area contributed by atoms with Gasteiger partial charge in [-0.1, -0.05) is 12.1 Å². The van der Waals surface area contributed by atoms with Gasteiger partial charge in [0.25, 0.3) is 0 Å². The van der Waals surface area contributed by atoms with E-state index < -0.39 is 0 Å². The van der Waals surface area contributed by atoms with E-state index in [1.807, 2.05) is 37.4 Å². The molecule has 1 saturated heterocycles. The highest BCUT2D eigenvalue weighted by molar-refractivity contribution is 7.98. The van der Waals surface area contributed by atoms with Gasteiger partial charge < -0.3 is 10.1 Å². The maximum Gasteiger partial charge on any atom is 0.408 e. The first-order valence-electron chi connectivity index (χ1n) is 4.82. The van der Waals surface area contributed by atoms with Gasteiger partial charge in [-0.15, -0.1) is 11.8 Å². The first kappa shape index (κ1) is 10.4. The van der Waals surface area contributed by atoms with Gasteiger partial charge >= 0.3 is 6.09 Å². The smallest absolute Gasteiger partial charge is 0.408 e. The Kier molecular flexibility index (Phi) is 2.86. The molecule has 2 rings (SSSR count). The van der Waals surface area contributed by atoms with Crippen LogP contribution in [0.4, 0.5) is 4.79 Å². The normalized spacial score (nSPS) is 24.8. The summed E-state index contributed by atoms with van der Waals surface area (Å²) >= 11 is 1.70. The molecule has 1 aliphatic rings. The predicted molar refractivity (Wildman–Crippen MR) is 60.0 cm³/mol.